The second-order valence-electron chi connectivity index (χ2n) is 6.61. The molecule has 6 heteroatoms. The largest absolute Gasteiger partial charge is 0.493 e. The Kier molecular flexibility index (Phi) is 4.61. The highest BCUT2D eigenvalue weighted by molar-refractivity contribution is 6.16. The molecule has 0 radical (unpaired) electrons. The average Bonchev–Trinajstić information content (AvgIpc) is 3.29. The van der Waals surface area contributed by atoms with Gasteiger partial charge in [0.2, 0.25) is 5.91 Å². The Labute approximate surface area is 162 Å². The molecule has 142 valence electrons. The molecule has 2 amide bonds. The molecule has 1 aromatic heterocycles. The third-order valence-electron chi connectivity index (χ3n) is 4.91. The zero-order chi connectivity index (χ0) is 19.7. The monoisotopic (exact) mass is 376 g/mol. The number of ether oxygens (including phenoxy) is 2. The maximum atomic E-state index is 12.8. The van der Waals surface area contributed by atoms with Gasteiger partial charge in [-0.1, -0.05) is 18.2 Å². The molecule has 2 heterocycles. The van der Waals surface area contributed by atoms with E-state index in [4.69, 9.17) is 9.47 Å². The number of carbonyl (C=O) groups is 2. The van der Waals surface area contributed by atoms with E-state index in [1.54, 1.807) is 26.4 Å². The molecule has 6 nitrogen and oxygen atoms in total. The highest BCUT2D eigenvalue weighted by atomic mass is 16.5. The molecular formula is C22H20N2O4. The Hall–Kier alpha value is -3.54. The first-order valence-electron chi connectivity index (χ1n) is 8.93. The molecule has 0 spiro atoms. The Morgan fingerprint density at radius 2 is 1.89 bits per heavy atom. The third-order valence-corrected chi connectivity index (χ3v) is 4.91. The summed E-state index contributed by atoms with van der Waals surface area (Å²) < 4.78 is 10.5. The number of hydrogen-bond acceptors (Lipinski definition) is 4. The number of fused-ring (bicyclic) bond motifs is 1. The molecule has 1 aliphatic rings. The van der Waals surface area contributed by atoms with Gasteiger partial charge in [0.1, 0.15) is 0 Å². The van der Waals surface area contributed by atoms with Crippen LogP contribution in [0.2, 0.25) is 0 Å². The molecule has 0 saturated carbocycles. The zero-order valence-electron chi connectivity index (χ0n) is 15.7. The van der Waals surface area contributed by atoms with Crippen LogP contribution in [-0.4, -0.2) is 35.9 Å². The van der Waals surface area contributed by atoms with Crippen LogP contribution in [0.3, 0.4) is 0 Å². The van der Waals surface area contributed by atoms with Gasteiger partial charge in [0.05, 0.1) is 27.2 Å². The summed E-state index contributed by atoms with van der Waals surface area (Å²) in [4.78, 5) is 29.8. The van der Waals surface area contributed by atoms with Gasteiger partial charge in [-0.3, -0.25) is 14.5 Å². The minimum Gasteiger partial charge on any atom is -0.493 e. The first-order valence-corrected chi connectivity index (χ1v) is 8.93. The van der Waals surface area contributed by atoms with Crippen molar-refractivity contribution in [1.29, 1.82) is 0 Å². The summed E-state index contributed by atoms with van der Waals surface area (Å²) in [6.07, 6.45) is 3.77. The maximum Gasteiger partial charge on any atom is 0.257 e. The van der Waals surface area contributed by atoms with E-state index in [-0.39, 0.29) is 24.8 Å². The predicted octanol–water partition coefficient (Wildman–Crippen LogP) is 3.53. The maximum absolute atomic E-state index is 12.8. The van der Waals surface area contributed by atoms with Crippen LogP contribution in [0.15, 0.2) is 54.2 Å². The lowest BCUT2D eigenvalue weighted by molar-refractivity contribution is -0.138. The van der Waals surface area contributed by atoms with Crippen LogP contribution < -0.4 is 9.47 Å². The van der Waals surface area contributed by atoms with E-state index in [0.717, 1.165) is 22.0 Å². The molecule has 28 heavy (non-hydrogen) atoms. The number of benzene rings is 2. The van der Waals surface area contributed by atoms with Crippen LogP contribution in [0, 0.1) is 0 Å². The summed E-state index contributed by atoms with van der Waals surface area (Å²) >= 11 is 0. The normalized spacial score (nSPS) is 15.6. The van der Waals surface area contributed by atoms with Gasteiger partial charge in [-0.2, -0.15) is 0 Å². The number of imide groups is 1. The van der Waals surface area contributed by atoms with Crippen molar-refractivity contribution in [3.63, 3.8) is 0 Å². The van der Waals surface area contributed by atoms with Crippen molar-refractivity contribution < 1.29 is 19.1 Å². The van der Waals surface area contributed by atoms with E-state index < -0.39 is 0 Å². The summed E-state index contributed by atoms with van der Waals surface area (Å²) in [6.45, 7) is 0.198. The molecule has 1 N–H and O–H groups in total. The molecule has 4 rings (SSSR count). The summed E-state index contributed by atoms with van der Waals surface area (Å²) in [7, 11) is 3.11. The van der Waals surface area contributed by atoms with Gasteiger partial charge in [0, 0.05) is 22.7 Å². The summed E-state index contributed by atoms with van der Waals surface area (Å²) in [5.41, 5.74) is 3.21. The Bertz CT molecular complexity index is 1100. The van der Waals surface area contributed by atoms with E-state index in [2.05, 4.69) is 4.98 Å². The summed E-state index contributed by atoms with van der Waals surface area (Å²) in [5.74, 6) is 0.708. The van der Waals surface area contributed by atoms with Crippen LogP contribution in [0.5, 0.6) is 11.5 Å². The van der Waals surface area contributed by atoms with Gasteiger partial charge >= 0.3 is 0 Å². The fourth-order valence-corrected chi connectivity index (χ4v) is 3.48. The van der Waals surface area contributed by atoms with Crippen LogP contribution in [0.25, 0.3) is 17.0 Å². The zero-order valence-corrected chi connectivity index (χ0v) is 15.7. The van der Waals surface area contributed by atoms with Gasteiger partial charge in [0.15, 0.2) is 11.5 Å². The fourth-order valence-electron chi connectivity index (χ4n) is 3.48. The van der Waals surface area contributed by atoms with E-state index in [1.165, 1.54) is 4.90 Å². The number of nitrogens with one attached hydrogen (secondary N) is 1. The van der Waals surface area contributed by atoms with E-state index in [0.29, 0.717) is 17.1 Å². The highest BCUT2D eigenvalue weighted by Crippen LogP contribution is 2.30. The highest BCUT2D eigenvalue weighted by Gasteiger charge is 2.33. The second kappa shape index (κ2) is 7.23. The van der Waals surface area contributed by atoms with Gasteiger partial charge in [0.25, 0.3) is 5.91 Å². The van der Waals surface area contributed by atoms with Crippen molar-refractivity contribution in [2.75, 3.05) is 14.2 Å². The number of amides is 2. The summed E-state index contributed by atoms with van der Waals surface area (Å²) in [5, 5.41) is 1.02. The number of carbonyl (C=O) groups excluding carboxylic acids is 2. The van der Waals surface area contributed by atoms with Gasteiger partial charge in [-0.05, 0) is 41.5 Å². The topological polar surface area (TPSA) is 71.6 Å². The number of likely N-dealkylation sites (tertiary alicyclic amines) is 1. The van der Waals surface area contributed by atoms with Gasteiger partial charge < -0.3 is 14.5 Å². The quantitative estimate of drug-likeness (QED) is 0.546. The Balaban J connectivity index is 1.60. The second-order valence-corrected chi connectivity index (χ2v) is 6.61. The Morgan fingerprint density at radius 3 is 2.68 bits per heavy atom. The first-order chi connectivity index (χ1) is 13.6. The minimum absolute atomic E-state index is 0.104. The summed E-state index contributed by atoms with van der Waals surface area (Å²) in [6, 6.07) is 13.2. The first kappa shape index (κ1) is 17.9. The lowest BCUT2D eigenvalue weighted by atomic mass is 10.1. The number of rotatable bonds is 5. The predicted molar refractivity (Wildman–Crippen MR) is 106 cm³/mol. The van der Waals surface area contributed by atoms with E-state index in [1.807, 2.05) is 42.6 Å². The molecule has 3 aromatic rings. The molecule has 0 bridgehead atoms. The molecule has 1 saturated heterocycles. The number of nitrogens with zero attached hydrogens (tertiary/aromatic N) is 1. The van der Waals surface area contributed by atoms with Crippen LogP contribution in [0.1, 0.15) is 17.5 Å². The van der Waals surface area contributed by atoms with Crippen molar-refractivity contribution in [2.45, 2.75) is 13.0 Å². The van der Waals surface area contributed by atoms with Crippen molar-refractivity contribution in [3.8, 4) is 11.5 Å². The SMILES string of the molecule is COc1ccc(CN2C(=O)C/C(=C\c3cccc4[nH]ccc34)C2=O)cc1OC. The standard InChI is InChI=1S/C22H20N2O4/c1-27-19-7-6-14(10-20(19)28-2)13-24-21(25)12-16(22(24)26)11-15-4-3-5-18-17(15)8-9-23-18/h3-11,23H,12-13H2,1-2H3/b16-11+. The van der Waals surface area contributed by atoms with Crippen LogP contribution in [0.4, 0.5) is 0 Å². The van der Waals surface area contributed by atoms with Crippen molar-refractivity contribution >= 4 is 28.8 Å². The molecule has 0 unspecified atom stereocenters. The smallest absolute Gasteiger partial charge is 0.257 e. The third kappa shape index (κ3) is 3.13. The van der Waals surface area contributed by atoms with Crippen LogP contribution >= 0.6 is 0 Å². The molecular weight excluding hydrogens is 356 g/mol. The fraction of sp³-hybridized carbons (Fsp3) is 0.182. The van der Waals surface area contributed by atoms with Crippen molar-refractivity contribution in [2.24, 2.45) is 0 Å². The molecule has 1 fully saturated rings. The number of methoxy groups -OCH3 is 2. The van der Waals surface area contributed by atoms with E-state index >= 15 is 0 Å². The number of aromatic amines is 1. The number of H-pyrrole nitrogens is 1. The minimum atomic E-state index is -0.257. The molecule has 0 atom stereocenters. The van der Waals surface area contributed by atoms with Crippen molar-refractivity contribution in [1.82, 2.24) is 9.88 Å². The van der Waals surface area contributed by atoms with Gasteiger partial charge in [-0.15, -0.1) is 0 Å². The lowest BCUT2D eigenvalue weighted by Crippen LogP contribution is -2.28. The van der Waals surface area contributed by atoms with Crippen LogP contribution in [-0.2, 0) is 16.1 Å². The van der Waals surface area contributed by atoms with Gasteiger partial charge in [-0.25, -0.2) is 0 Å². The molecule has 2 aromatic carbocycles. The lowest BCUT2D eigenvalue weighted by Gasteiger charge is -2.15. The van der Waals surface area contributed by atoms with Crippen molar-refractivity contribution in [3.05, 3.63) is 65.4 Å². The Morgan fingerprint density at radius 1 is 1.07 bits per heavy atom. The number of hydrogen-bond donors (Lipinski definition) is 1. The molecule has 0 aliphatic carbocycles. The van der Waals surface area contributed by atoms with E-state index in [9.17, 15) is 9.59 Å². The number of aromatic nitrogens is 1. The average molecular weight is 376 g/mol. The molecule has 1 aliphatic heterocycles.